The molecule has 0 spiro atoms. The van der Waals surface area contributed by atoms with Gasteiger partial charge in [-0.15, -0.1) is 0 Å². The maximum Gasteiger partial charge on any atom is 0.337 e. The smallest absolute Gasteiger partial charge is 0.337 e. The molecule has 1 saturated heterocycles. The summed E-state index contributed by atoms with van der Waals surface area (Å²) in [5, 5.41) is 17.8. The fraction of sp³-hybridized carbons (Fsp3) is 0.333. The van der Waals surface area contributed by atoms with Gasteiger partial charge in [0.1, 0.15) is 0 Å². The Labute approximate surface area is 126 Å². The summed E-state index contributed by atoms with van der Waals surface area (Å²) < 4.78 is 31.1. The third kappa shape index (κ3) is 3.16. The van der Waals surface area contributed by atoms with E-state index in [4.69, 9.17) is 26.7 Å². The lowest BCUT2D eigenvalue weighted by molar-refractivity contribution is 0.0311. The molecule has 1 heterocycles. The fourth-order valence-electron chi connectivity index (χ4n) is 1.90. The number of hydrogen-bond donors (Lipinski definition) is 1. The van der Waals surface area contributed by atoms with E-state index in [-0.39, 0.29) is 35.2 Å². The van der Waals surface area contributed by atoms with Crippen LogP contribution in [0.25, 0.3) is 0 Å². The Hall–Kier alpha value is -1.66. The molecule has 1 aromatic rings. The number of rotatable bonds is 3. The number of ether oxygens (including phenoxy) is 1. The number of hydrogen-bond acceptors (Lipinski definition) is 5. The first kappa shape index (κ1) is 15.7. The van der Waals surface area contributed by atoms with Gasteiger partial charge in [-0.3, -0.25) is 0 Å². The molecule has 9 heteroatoms. The van der Waals surface area contributed by atoms with Crippen LogP contribution in [0.4, 0.5) is 0 Å². The Morgan fingerprint density at radius 3 is 2.86 bits per heavy atom. The minimum Gasteiger partial charge on any atom is -0.478 e. The highest BCUT2D eigenvalue weighted by Crippen LogP contribution is 2.24. The number of carboxylic acids is 1. The summed E-state index contributed by atoms with van der Waals surface area (Å²) in [5.74, 6) is -1.31. The molecule has 1 aliphatic rings. The Kier molecular flexibility index (Phi) is 4.49. The summed E-state index contributed by atoms with van der Waals surface area (Å²) in [5.41, 5.74) is -0.289. The largest absolute Gasteiger partial charge is 0.478 e. The van der Waals surface area contributed by atoms with Crippen LogP contribution < -0.4 is 0 Å². The predicted octanol–water partition coefficient (Wildman–Crippen LogP) is 0.951. The van der Waals surface area contributed by atoms with Crippen LogP contribution in [-0.2, 0) is 14.8 Å². The molecule has 0 saturated carbocycles. The highest BCUT2D eigenvalue weighted by atomic mass is 35.5. The molecule has 0 bridgehead atoms. The topological polar surface area (TPSA) is 108 Å². The van der Waals surface area contributed by atoms with E-state index in [2.05, 4.69) is 0 Å². The van der Waals surface area contributed by atoms with Gasteiger partial charge in [0, 0.05) is 6.54 Å². The van der Waals surface area contributed by atoms with Crippen LogP contribution >= 0.6 is 11.6 Å². The summed E-state index contributed by atoms with van der Waals surface area (Å²) >= 11 is 5.72. The number of carboxylic acid groups (broad SMARTS) is 1. The zero-order valence-electron chi connectivity index (χ0n) is 10.7. The molecule has 21 heavy (non-hydrogen) atoms. The molecule has 0 aliphatic carbocycles. The van der Waals surface area contributed by atoms with Crippen molar-refractivity contribution >= 4 is 27.6 Å². The lowest BCUT2D eigenvalue weighted by Gasteiger charge is -2.29. The second-order valence-corrected chi connectivity index (χ2v) is 6.64. The zero-order valence-corrected chi connectivity index (χ0v) is 12.3. The van der Waals surface area contributed by atoms with Gasteiger partial charge in [0.05, 0.1) is 34.7 Å². The first-order valence-electron chi connectivity index (χ1n) is 5.90. The van der Waals surface area contributed by atoms with Crippen molar-refractivity contribution in [3.8, 4) is 6.07 Å². The van der Waals surface area contributed by atoms with Crippen molar-refractivity contribution in [2.75, 3.05) is 19.7 Å². The fourth-order valence-corrected chi connectivity index (χ4v) is 3.55. The lowest BCUT2D eigenvalue weighted by atomic mass is 10.2. The molecular formula is C12H11ClN2O5S. The third-order valence-corrected chi connectivity index (χ3v) is 5.17. The van der Waals surface area contributed by atoms with E-state index in [1.54, 1.807) is 0 Å². The summed E-state index contributed by atoms with van der Waals surface area (Å²) in [7, 11) is -3.90. The Morgan fingerprint density at radius 2 is 2.24 bits per heavy atom. The van der Waals surface area contributed by atoms with E-state index in [0.717, 1.165) is 10.4 Å². The number of morpholine rings is 1. The number of nitriles is 1. The van der Waals surface area contributed by atoms with Gasteiger partial charge in [-0.05, 0) is 18.2 Å². The molecule has 1 unspecified atom stereocenters. The van der Waals surface area contributed by atoms with E-state index < -0.39 is 22.1 Å². The van der Waals surface area contributed by atoms with Crippen LogP contribution in [0, 0.1) is 11.3 Å². The number of aromatic carboxylic acids is 1. The normalized spacial score (nSPS) is 19.9. The van der Waals surface area contributed by atoms with Gasteiger partial charge in [0.2, 0.25) is 10.0 Å². The Morgan fingerprint density at radius 1 is 1.52 bits per heavy atom. The summed E-state index contributed by atoms with van der Waals surface area (Å²) in [6.45, 7) is 0.117. The molecule has 7 nitrogen and oxygen atoms in total. The minimum atomic E-state index is -3.90. The highest BCUT2D eigenvalue weighted by molar-refractivity contribution is 7.89. The van der Waals surface area contributed by atoms with Gasteiger partial charge >= 0.3 is 5.97 Å². The summed E-state index contributed by atoms with van der Waals surface area (Å²) in [6, 6.07) is 5.32. The van der Waals surface area contributed by atoms with Gasteiger partial charge in [0.25, 0.3) is 0 Å². The molecule has 1 fully saturated rings. The lowest BCUT2D eigenvalue weighted by Crippen LogP contribution is -2.45. The third-order valence-electron chi connectivity index (χ3n) is 2.98. The van der Waals surface area contributed by atoms with Crippen LogP contribution in [0.3, 0.4) is 0 Å². The Balaban J connectivity index is 2.38. The standard InChI is InChI=1S/C12H11ClN2O5S/c13-11-2-1-9(5-10(11)12(16)17)21(18,19)15-3-4-20-8(6-14)7-15/h1-2,5,8H,3-4,7H2,(H,16,17). The number of halogens is 1. The quantitative estimate of drug-likeness (QED) is 0.884. The van der Waals surface area contributed by atoms with E-state index in [1.165, 1.54) is 12.1 Å². The van der Waals surface area contributed by atoms with Gasteiger partial charge < -0.3 is 9.84 Å². The van der Waals surface area contributed by atoms with E-state index in [9.17, 15) is 13.2 Å². The van der Waals surface area contributed by atoms with Crippen LogP contribution in [0.5, 0.6) is 0 Å². The predicted molar refractivity (Wildman–Crippen MR) is 72.5 cm³/mol. The molecule has 2 rings (SSSR count). The van der Waals surface area contributed by atoms with Crippen molar-refractivity contribution in [2.45, 2.75) is 11.0 Å². The van der Waals surface area contributed by atoms with Crippen LogP contribution in [0.15, 0.2) is 23.1 Å². The maximum atomic E-state index is 12.5. The second-order valence-electron chi connectivity index (χ2n) is 4.30. The Bertz CT molecular complexity index is 713. The number of sulfonamides is 1. The van der Waals surface area contributed by atoms with E-state index in [0.29, 0.717) is 0 Å². The molecule has 1 N–H and O–H groups in total. The number of benzene rings is 1. The molecular weight excluding hydrogens is 320 g/mol. The van der Waals surface area contributed by atoms with Gasteiger partial charge in [-0.25, -0.2) is 13.2 Å². The van der Waals surface area contributed by atoms with Crippen molar-refractivity contribution in [1.82, 2.24) is 4.31 Å². The highest BCUT2D eigenvalue weighted by Gasteiger charge is 2.31. The van der Waals surface area contributed by atoms with Crippen molar-refractivity contribution in [3.05, 3.63) is 28.8 Å². The van der Waals surface area contributed by atoms with Crippen molar-refractivity contribution < 1.29 is 23.1 Å². The van der Waals surface area contributed by atoms with E-state index in [1.807, 2.05) is 6.07 Å². The minimum absolute atomic E-state index is 0.0432. The average Bonchev–Trinajstić information content (AvgIpc) is 2.47. The molecule has 1 atom stereocenters. The van der Waals surface area contributed by atoms with Gasteiger partial charge in [0.15, 0.2) is 6.10 Å². The van der Waals surface area contributed by atoms with Gasteiger partial charge in [-0.1, -0.05) is 11.6 Å². The van der Waals surface area contributed by atoms with Crippen molar-refractivity contribution in [3.63, 3.8) is 0 Å². The summed E-state index contributed by atoms with van der Waals surface area (Å²) in [4.78, 5) is 10.8. The zero-order chi connectivity index (χ0) is 15.6. The molecule has 1 aliphatic heterocycles. The van der Waals surface area contributed by atoms with Crippen molar-refractivity contribution in [1.29, 1.82) is 5.26 Å². The first-order valence-corrected chi connectivity index (χ1v) is 7.72. The molecule has 0 amide bonds. The van der Waals surface area contributed by atoms with Crippen LogP contribution in [-0.4, -0.2) is 49.6 Å². The molecule has 0 radical (unpaired) electrons. The first-order chi connectivity index (χ1) is 9.86. The second kappa shape index (κ2) is 5.99. The average molecular weight is 331 g/mol. The van der Waals surface area contributed by atoms with Crippen LogP contribution in [0.1, 0.15) is 10.4 Å². The summed E-state index contributed by atoms with van der Waals surface area (Å²) in [6.07, 6.45) is -0.834. The van der Waals surface area contributed by atoms with Crippen LogP contribution in [0.2, 0.25) is 5.02 Å². The monoisotopic (exact) mass is 330 g/mol. The maximum absolute atomic E-state index is 12.5. The number of nitrogens with zero attached hydrogens (tertiary/aromatic N) is 2. The molecule has 1 aromatic carbocycles. The van der Waals surface area contributed by atoms with Gasteiger partial charge in [-0.2, -0.15) is 9.57 Å². The molecule has 0 aromatic heterocycles. The SMILES string of the molecule is N#CC1CN(S(=O)(=O)c2ccc(Cl)c(C(=O)O)c2)CCO1. The van der Waals surface area contributed by atoms with Crippen molar-refractivity contribution in [2.24, 2.45) is 0 Å². The molecule has 112 valence electrons. The van der Waals surface area contributed by atoms with E-state index >= 15 is 0 Å². The number of carbonyl (C=O) groups is 1.